The molecule has 0 atom stereocenters. The van der Waals surface area contributed by atoms with Crippen LogP contribution in [0.5, 0.6) is 0 Å². The summed E-state index contributed by atoms with van der Waals surface area (Å²) in [7, 11) is 0. The molecule has 0 aromatic carbocycles. The number of oxime groups is 2. The van der Waals surface area contributed by atoms with Gasteiger partial charge >= 0.3 is 0 Å². The van der Waals surface area contributed by atoms with Gasteiger partial charge in [-0.25, -0.2) is 4.98 Å². The van der Waals surface area contributed by atoms with Crippen molar-refractivity contribution in [3.63, 3.8) is 0 Å². The Kier molecular flexibility index (Phi) is 8.18. The van der Waals surface area contributed by atoms with Crippen molar-refractivity contribution in [3.8, 4) is 11.8 Å². The number of nitrogens with zero attached hydrogens (tertiary/aromatic N) is 4. The SMILES string of the molecule is C/C(=N\OCC(C)(C)CO/N=C1\CCCc2ccc(C#CCO)nc21)c1cc(C)cc(C)n1. The van der Waals surface area contributed by atoms with Crippen molar-refractivity contribution in [1.82, 2.24) is 9.97 Å². The Balaban J connectivity index is 1.59. The van der Waals surface area contributed by atoms with E-state index < -0.39 is 0 Å². The fraction of sp³-hybridized carbons (Fsp3) is 0.462. The molecular formula is C26H32N4O3. The molecule has 2 heterocycles. The quantitative estimate of drug-likeness (QED) is 0.393. The molecular weight excluding hydrogens is 416 g/mol. The summed E-state index contributed by atoms with van der Waals surface area (Å²) in [5, 5.41) is 17.6. The van der Waals surface area contributed by atoms with E-state index in [1.54, 1.807) is 0 Å². The van der Waals surface area contributed by atoms with E-state index in [1.165, 1.54) is 0 Å². The lowest BCUT2D eigenvalue weighted by Gasteiger charge is -2.22. The van der Waals surface area contributed by atoms with Crippen molar-refractivity contribution in [2.24, 2.45) is 15.7 Å². The molecule has 174 valence electrons. The van der Waals surface area contributed by atoms with E-state index >= 15 is 0 Å². The summed E-state index contributed by atoms with van der Waals surface area (Å²) in [5.41, 5.74) is 6.80. The number of aromatic nitrogens is 2. The first-order valence-corrected chi connectivity index (χ1v) is 11.2. The maximum Gasteiger partial charge on any atom is 0.125 e. The Morgan fingerprint density at radius 1 is 1.12 bits per heavy atom. The Morgan fingerprint density at radius 2 is 1.91 bits per heavy atom. The van der Waals surface area contributed by atoms with Crippen molar-refractivity contribution in [2.75, 3.05) is 19.8 Å². The molecule has 3 rings (SSSR count). The summed E-state index contributed by atoms with van der Waals surface area (Å²) in [6.45, 7) is 10.6. The first-order valence-electron chi connectivity index (χ1n) is 11.2. The zero-order chi connectivity index (χ0) is 23.8. The summed E-state index contributed by atoms with van der Waals surface area (Å²) >= 11 is 0. The molecule has 1 N–H and O–H groups in total. The highest BCUT2D eigenvalue weighted by Gasteiger charge is 2.22. The van der Waals surface area contributed by atoms with Crippen LogP contribution in [0.4, 0.5) is 0 Å². The molecule has 0 spiro atoms. The molecule has 7 nitrogen and oxygen atoms in total. The van der Waals surface area contributed by atoms with E-state index in [-0.39, 0.29) is 12.0 Å². The lowest BCUT2D eigenvalue weighted by Crippen LogP contribution is -2.24. The standard InChI is InChI=1S/C26H32N4O3/c1-18-14-19(2)27-24(15-18)20(3)29-32-16-26(4,5)17-33-30-23-10-6-8-21-11-12-22(9-7-13-31)28-25(21)23/h11-12,14-15,31H,6,8,10,13,16-17H2,1-5H3/b29-20+,30-23+. The third-order valence-electron chi connectivity index (χ3n) is 5.16. The Bertz CT molecular complexity index is 1090. The fourth-order valence-electron chi connectivity index (χ4n) is 3.50. The van der Waals surface area contributed by atoms with Gasteiger partial charge < -0.3 is 14.8 Å². The minimum Gasteiger partial charge on any atom is -0.395 e. The zero-order valence-electron chi connectivity index (χ0n) is 20.1. The normalized spacial score (nSPS) is 15.0. The van der Waals surface area contributed by atoms with Gasteiger partial charge in [-0.1, -0.05) is 36.1 Å². The molecule has 2 aromatic rings. The van der Waals surface area contributed by atoms with Gasteiger partial charge in [-0.3, -0.25) is 4.98 Å². The van der Waals surface area contributed by atoms with Crippen LogP contribution in [0.2, 0.25) is 0 Å². The lowest BCUT2D eigenvalue weighted by molar-refractivity contribution is -0.000158. The molecule has 0 radical (unpaired) electrons. The van der Waals surface area contributed by atoms with E-state index in [1.807, 2.05) is 58.9 Å². The summed E-state index contributed by atoms with van der Waals surface area (Å²) in [5.74, 6) is 5.49. The van der Waals surface area contributed by atoms with Crippen LogP contribution in [0.3, 0.4) is 0 Å². The average Bonchev–Trinajstić information content (AvgIpc) is 2.77. The maximum absolute atomic E-state index is 8.92. The molecule has 1 aliphatic carbocycles. The van der Waals surface area contributed by atoms with Crippen molar-refractivity contribution in [2.45, 2.75) is 53.9 Å². The molecule has 2 aromatic heterocycles. The number of aliphatic hydroxyl groups excluding tert-OH is 1. The highest BCUT2D eigenvalue weighted by atomic mass is 16.6. The third-order valence-corrected chi connectivity index (χ3v) is 5.16. The second-order valence-corrected chi connectivity index (χ2v) is 9.11. The summed E-state index contributed by atoms with van der Waals surface area (Å²) in [4.78, 5) is 20.5. The van der Waals surface area contributed by atoms with E-state index in [0.29, 0.717) is 18.9 Å². The minimum absolute atomic E-state index is 0.190. The number of fused-ring (bicyclic) bond motifs is 1. The topological polar surface area (TPSA) is 89.2 Å². The molecule has 0 amide bonds. The van der Waals surface area contributed by atoms with Crippen LogP contribution in [0.25, 0.3) is 0 Å². The zero-order valence-corrected chi connectivity index (χ0v) is 20.1. The van der Waals surface area contributed by atoms with Crippen LogP contribution in [0, 0.1) is 31.1 Å². The van der Waals surface area contributed by atoms with Crippen molar-refractivity contribution < 1.29 is 14.8 Å². The molecule has 0 saturated carbocycles. The third kappa shape index (κ3) is 7.13. The van der Waals surface area contributed by atoms with Gasteiger partial charge in [0.05, 0.1) is 11.4 Å². The molecule has 1 aliphatic rings. The molecule has 0 saturated heterocycles. The maximum atomic E-state index is 8.92. The van der Waals surface area contributed by atoms with Gasteiger partial charge in [0, 0.05) is 11.1 Å². The van der Waals surface area contributed by atoms with Crippen LogP contribution in [0.15, 0.2) is 34.6 Å². The Hall–Kier alpha value is -3.24. The van der Waals surface area contributed by atoms with E-state index in [4.69, 9.17) is 14.8 Å². The molecule has 0 bridgehead atoms. The number of rotatable bonds is 7. The van der Waals surface area contributed by atoms with E-state index in [9.17, 15) is 0 Å². The van der Waals surface area contributed by atoms with Crippen LogP contribution < -0.4 is 0 Å². The number of hydrogen-bond donors (Lipinski definition) is 1. The molecule has 33 heavy (non-hydrogen) atoms. The number of hydrogen-bond acceptors (Lipinski definition) is 7. The van der Waals surface area contributed by atoms with Gasteiger partial charge in [0.25, 0.3) is 0 Å². The summed E-state index contributed by atoms with van der Waals surface area (Å²) in [6.07, 6.45) is 2.77. The summed E-state index contributed by atoms with van der Waals surface area (Å²) < 4.78 is 0. The summed E-state index contributed by atoms with van der Waals surface area (Å²) in [6, 6.07) is 7.93. The first-order chi connectivity index (χ1) is 15.8. The van der Waals surface area contributed by atoms with Gasteiger partial charge in [-0.05, 0) is 75.3 Å². The fourth-order valence-corrected chi connectivity index (χ4v) is 3.50. The first kappa shape index (κ1) is 24.4. The molecule has 7 heteroatoms. The second-order valence-electron chi connectivity index (χ2n) is 9.11. The van der Waals surface area contributed by atoms with Crippen LogP contribution in [0.1, 0.15) is 67.5 Å². The minimum atomic E-state index is -0.289. The lowest BCUT2D eigenvalue weighted by atomic mass is 9.94. The largest absolute Gasteiger partial charge is 0.395 e. The predicted octanol–water partition coefficient (Wildman–Crippen LogP) is 3.96. The van der Waals surface area contributed by atoms with Crippen molar-refractivity contribution in [3.05, 3.63) is 58.2 Å². The van der Waals surface area contributed by atoms with Crippen LogP contribution in [-0.4, -0.2) is 46.3 Å². The van der Waals surface area contributed by atoms with Gasteiger partial charge in [-0.15, -0.1) is 0 Å². The van der Waals surface area contributed by atoms with Gasteiger partial charge in [0.15, 0.2) is 0 Å². The Labute approximate surface area is 195 Å². The number of pyridine rings is 2. The highest BCUT2D eigenvalue weighted by Crippen LogP contribution is 2.22. The number of aliphatic hydroxyl groups is 1. The smallest absolute Gasteiger partial charge is 0.125 e. The predicted molar refractivity (Wildman–Crippen MR) is 129 cm³/mol. The van der Waals surface area contributed by atoms with Crippen molar-refractivity contribution in [1.29, 1.82) is 0 Å². The highest BCUT2D eigenvalue weighted by molar-refractivity contribution is 6.00. The Morgan fingerprint density at radius 3 is 2.67 bits per heavy atom. The van der Waals surface area contributed by atoms with E-state index in [2.05, 4.69) is 32.1 Å². The number of aryl methyl sites for hydroxylation is 3. The second kappa shape index (κ2) is 11.1. The average molecular weight is 449 g/mol. The van der Waals surface area contributed by atoms with Gasteiger partial charge in [0.2, 0.25) is 0 Å². The molecule has 0 fully saturated rings. The van der Waals surface area contributed by atoms with E-state index in [0.717, 1.165) is 58.9 Å². The van der Waals surface area contributed by atoms with Crippen LogP contribution in [-0.2, 0) is 16.1 Å². The van der Waals surface area contributed by atoms with Gasteiger partial charge in [-0.2, -0.15) is 0 Å². The van der Waals surface area contributed by atoms with Crippen LogP contribution >= 0.6 is 0 Å². The van der Waals surface area contributed by atoms with Gasteiger partial charge in [0.1, 0.15) is 36.9 Å². The molecule has 0 unspecified atom stereocenters. The molecule has 0 aliphatic heterocycles. The monoisotopic (exact) mass is 448 g/mol. The van der Waals surface area contributed by atoms with Crippen molar-refractivity contribution >= 4 is 11.4 Å².